The van der Waals surface area contributed by atoms with Gasteiger partial charge in [0.15, 0.2) is 0 Å². The number of hydrogen-bond donors (Lipinski definition) is 2. The number of nitrogens with one attached hydrogen (secondary N) is 2. The Morgan fingerprint density at radius 3 is 1.42 bits per heavy atom. The molecule has 0 aliphatic rings. The molecule has 2 N–H and O–H groups in total. The Balaban J connectivity index is 1.72. The SMILES string of the molecule is Cc1ccc(NC(=O)c2cccc(C(=O)Nc3ccc(C)cc3)n2)cc1. The van der Waals surface area contributed by atoms with Crippen LogP contribution >= 0.6 is 0 Å². The van der Waals surface area contributed by atoms with E-state index in [-0.39, 0.29) is 23.2 Å². The molecule has 0 aliphatic heterocycles. The maximum Gasteiger partial charge on any atom is 0.274 e. The monoisotopic (exact) mass is 345 g/mol. The van der Waals surface area contributed by atoms with Crippen LogP contribution in [0.3, 0.4) is 0 Å². The Labute approximate surface area is 152 Å². The first kappa shape index (κ1) is 17.4. The molecule has 5 heteroatoms. The minimum absolute atomic E-state index is 0.183. The van der Waals surface area contributed by atoms with Crippen LogP contribution in [0, 0.1) is 13.8 Å². The number of benzene rings is 2. The van der Waals surface area contributed by atoms with Crippen molar-refractivity contribution in [3.8, 4) is 0 Å². The average Bonchev–Trinajstić information content (AvgIpc) is 2.65. The molecule has 130 valence electrons. The van der Waals surface area contributed by atoms with Gasteiger partial charge in [-0.2, -0.15) is 0 Å². The highest BCUT2D eigenvalue weighted by molar-refractivity contribution is 6.06. The molecule has 0 bridgehead atoms. The van der Waals surface area contributed by atoms with Gasteiger partial charge in [0.2, 0.25) is 0 Å². The highest BCUT2D eigenvalue weighted by Gasteiger charge is 2.13. The van der Waals surface area contributed by atoms with E-state index in [1.165, 1.54) is 0 Å². The standard InChI is InChI=1S/C21H19N3O2/c1-14-6-10-16(11-7-14)22-20(25)18-4-3-5-19(24-18)21(26)23-17-12-8-15(2)9-13-17/h3-13H,1-2H3,(H,22,25)(H,23,26). The van der Waals surface area contributed by atoms with Gasteiger partial charge in [0.25, 0.3) is 11.8 Å². The molecule has 3 rings (SSSR count). The molecule has 1 heterocycles. The summed E-state index contributed by atoms with van der Waals surface area (Å²) in [6.45, 7) is 3.95. The number of rotatable bonds is 4. The third-order valence-electron chi connectivity index (χ3n) is 3.83. The Morgan fingerprint density at radius 1 is 0.654 bits per heavy atom. The van der Waals surface area contributed by atoms with E-state index in [9.17, 15) is 9.59 Å². The van der Waals surface area contributed by atoms with E-state index in [0.717, 1.165) is 11.1 Å². The van der Waals surface area contributed by atoms with E-state index in [2.05, 4.69) is 15.6 Å². The number of hydrogen-bond acceptors (Lipinski definition) is 3. The van der Waals surface area contributed by atoms with E-state index < -0.39 is 0 Å². The molecule has 3 aromatic rings. The van der Waals surface area contributed by atoms with Gasteiger partial charge in [-0.25, -0.2) is 4.98 Å². The predicted molar refractivity (Wildman–Crippen MR) is 103 cm³/mol. The van der Waals surface area contributed by atoms with E-state index in [1.807, 2.05) is 62.4 Å². The molecular weight excluding hydrogens is 326 g/mol. The van der Waals surface area contributed by atoms with Gasteiger partial charge in [0.1, 0.15) is 11.4 Å². The molecule has 0 aliphatic carbocycles. The van der Waals surface area contributed by atoms with E-state index in [0.29, 0.717) is 11.4 Å². The Bertz CT molecular complexity index is 857. The molecule has 2 amide bonds. The lowest BCUT2D eigenvalue weighted by atomic mass is 10.2. The Kier molecular flexibility index (Phi) is 5.08. The zero-order valence-electron chi connectivity index (χ0n) is 14.6. The highest BCUT2D eigenvalue weighted by atomic mass is 16.2. The third-order valence-corrected chi connectivity index (χ3v) is 3.83. The minimum Gasteiger partial charge on any atom is -0.321 e. The first-order valence-electron chi connectivity index (χ1n) is 8.24. The molecule has 0 saturated carbocycles. The molecule has 0 spiro atoms. The van der Waals surface area contributed by atoms with Crippen molar-refractivity contribution in [2.75, 3.05) is 10.6 Å². The summed E-state index contributed by atoms with van der Waals surface area (Å²) in [5.41, 5.74) is 3.94. The smallest absolute Gasteiger partial charge is 0.274 e. The van der Waals surface area contributed by atoms with Crippen molar-refractivity contribution in [3.05, 3.63) is 89.2 Å². The number of anilines is 2. The fourth-order valence-electron chi connectivity index (χ4n) is 2.35. The zero-order chi connectivity index (χ0) is 18.5. The zero-order valence-corrected chi connectivity index (χ0v) is 14.6. The first-order valence-corrected chi connectivity index (χ1v) is 8.24. The molecule has 0 saturated heterocycles. The molecule has 1 aromatic heterocycles. The fourth-order valence-corrected chi connectivity index (χ4v) is 2.35. The lowest BCUT2D eigenvalue weighted by Gasteiger charge is -2.08. The molecule has 5 nitrogen and oxygen atoms in total. The summed E-state index contributed by atoms with van der Waals surface area (Å²) in [6, 6.07) is 19.7. The van der Waals surface area contributed by atoms with E-state index in [4.69, 9.17) is 0 Å². The summed E-state index contributed by atoms with van der Waals surface area (Å²) in [6.07, 6.45) is 0. The lowest BCUT2D eigenvalue weighted by Crippen LogP contribution is -2.18. The third kappa shape index (κ3) is 4.33. The van der Waals surface area contributed by atoms with Gasteiger partial charge in [-0.3, -0.25) is 9.59 Å². The highest BCUT2D eigenvalue weighted by Crippen LogP contribution is 2.12. The Hall–Kier alpha value is -3.47. The van der Waals surface area contributed by atoms with Crippen molar-refractivity contribution < 1.29 is 9.59 Å². The molecule has 2 aromatic carbocycles. The largest absolute Gasteiger partial charge is 0.321 e. The van der Waals surface area contributed by atoms with Gasteiger partial charge in [-0.15, -0.1) is 0 Å². The van der Waals surface area contributed by atoms with Crippen LogP contribution in [-0.2, 0) is 0 Å². The van der Waals surface area contributed by atoms with Crippen molar-refractivity contribution in [1.82, 2.24) is 4.98 Å². The van der Waals surface area contributed by atoms with Crippen LogP contribution in [0.4, 0.5) is 11.4 Å². The number of nitrogens with zero attached hydrogens (tertiary/aromatic N) is 1. The summed E-state index contributed by atoms with van der Waals surface area (Å²) in [5.74, 6) is -0.724. The van der Waals surface area contributed by atoms with Gasteiger partial charge in [0, 0.05) is 11.4 Å². The molecule has 0 radical (unpaired) electrons. The van der Waals surface area contributed by atoms with Crippen molar-refractivity contribution in [1.29, 1.82) is 0 Å². The lowest BCUT2D eigenvalue weighted by molar-refractivity contribution is 0.101. The summed E-state index contributed by atoms with van der Waals surface area (Å²) in [7, 11) is 0. The molecule has 26 heavy (non-hydrogen) atoms. The fraction of sp³-hybridized carbons (Fsp3) is 0.0952. The summed E-state index contributed by atoms with van der Waals surface area (Å²) < 4.78 is 0. The molecular formula is C21H19N3O2. The Morgan fingerprint density at radius 2 is 1.04 bits per heavy atom. The number of carbonyl (C=O) groups excluding carboxylic acids is 2. The number of aryl methyl sites for hydroxylation is 2. The van der Waals surface area contributed by atoms with Crippen molar-refractivity contribution in [3.63, 3.8) is 0 Å². The number of pyridine rings is 1. The van der Waals surface area contributed by atoms with Crippen LogP contribution in [-0.4, -0.2) is 16.8 Å². The summed E-state index contributed by atoms with van der Waals surface area (Å²) >= 11 is 0. The van der Waals surface area contributed by atoms with Crippen molar-refractivity contribution >= 4 is 23.2 Å². The normalized spacial score (nSPS) is 10.2. The summed E-state index contributed by atoms with van der Waals surface area (Å²) in [4.78, 5) is 28.9. The number of aromatic nitrogens is 1. The molecule has 0 atom stereocenters. The van der Waals surface area contributed by atoms with Crippen molar-refractivity contribution in [2.24, 2.45) is 0 Å². The first-order chi connectivity index (χ1) is 12.5. The van der Waals surface area contributed by atoms with Crippen LogP contribution < -0.4 is 10.6 Å². The van der Waals surface area contributed by atoms with Gasteiger partial charge >= 0.3 is 0 Å². The average molecular weight is 345 g/mol. The van der Waals surface area contributed by atoms with Gasteiger partial charge in [-0.05, 0) is 50.2 Å². The second-order valence-corrected chi connectivity index (χ2v) is 6.05. The number of carbonyl (C=O) groups is 2. The van der Waals surface area contributed by atoms with Crippen molar-refractivity contribution in [2.45, 2.75) is 13.8 Å². The van der Waals surface area contributed by atoms with Crippen LogP contribution in [0.5, 0.6) is 0 Å². The topological polar surface area (TPSA) is 71.1 Å². The van der Waals surface area contributed by atoms with Crippen LogP contribution in [0.15, 0.2) is 66.7 Å². The predicted octanol–water partition coefficient (Wildman–Crippen LogP) is 4.20. The number of amides is 2. The molecule has 0 unspecified atom stereocenters. The van der Waals surface area contributed by atoms with Crippen LogP contribution in [0.2, 0.25) is 0 Å². The summed E-state index contributed by atoms with van der Waals surface area (Å²) in [5, 5.41) is 5.55. The van der Waals surface area contributed by atoms with Crippen LogP contribution in [0.1, 0.15) is 32.1 Å². The van der Waals surface area contributed by atoms with Gasteiger partial charge in [0.05, 0.1) is 0 Å². The van der Waals surface area contributed by atoms with E-state index >= 15 is 0 Å². The quantitative estimate of drug-likeness (QED) is 0.744. The minimum atomic E-state index is -0.362. The molecule has 0 fully saturated rings. The van der Waals surface area contributed by atoms with Crippen LogP contribution in [0.25, 0.3) is 0 Å². The van der Waals surface area contributed by atoms with Gasteiger partial charge in [-0.1, -0.05) is 41.5 Å². The maximum atomic E-state index is 12.4. The maximum absolute atomic E-state index is 12.4. The van der Waals surface area contributed by atoms with Gasteiger partial charge < -0.3 is 10.6 Å². The van der Waals surface area contributed by atoms with E-state index in [1.54, 1.807) is 18.2 Å². The second-order valence-electron chi connectivity index (χ2n) is 6.05. The second kappa shape index (κ2) is 7.61.